The van der Waals surface area contributed by atoms with E-state index in [-0.39, 0.29) is 17.4 Å². The molecule has 0 aliphatic rings. The minimum atomic E-state index is -4.94. The molecule has 26 heavy (non-hydrogen) atoms. The van der Waals surface area contributed by atoms with Gasteiger partial charge in [0.15, 0.2) is 0 Å². The number of nitrogens with zero attached hydrogens (tertiary/aromatic N) is 2. The van der Waals surface area contributed by atoms with Crippen LogP contribution in [0, 0.1) is 0 Å². The number of alkyl halides is 6. The molecule has 2 aromatic rings. The SMILES string of the molecule is O=C(N/C=C/c1cc(C(F)(F)F)cc(C(F)(F)F)c1)Nc1ccncn1. The third-order valence-electron chi connectivity index (χ3n) is 2.92. The standard InChI is InChI=1S/C15H10F6N4O/c16-14(17,18)10-5-9(6-11(7-10)15(19,20)21)1-4-23-13(26)25-12-2-3-22-8-24-12/h1-8H,(H2,22,23,24,25,26)/b4-1+. The van der Waals surface area contributed by atoms with Crippen molar-refractivity contribution in [3.05, 3.63) is 59.7 Å². The molecule has 0 unspecified atom stereocenters. The molecule has 0 bridgehead atoms. The monoisotopic (exact) mass is 376 g/mol. The quantitative estimate of drug-likeness (QED) is 0.785. The second kappa shape index (κ2) is 7.42. The summed E-state index contributed by atoms with van der Waals surface area (Å²) in [6.45, 7) is 0. The molecule has 1 aromatic heterocycles. The van der Waals surface area contributed by atoms with Gasteiger partial charge in [-0.25, -0.2) is 14.8 Å². The van der Waals surface area contributed by atoms with Crippen LogP contribution in [0.3, 0.4) is 0 Å². The summed E-state index contributed by atoms with van der Waals surface area (Å²) in [4.78, 5) is 18.9. The summed E-state index contributed by atoms with van der Waals surface area (Å²) in [5, 5.41) is 4.43. The number of halogens is 6. The molecule has 11 heteroatoms. The number of anilines is 1. The molecule has 5 nitrogen and oxygen atoms in total. The molecule has 0 aliphatic heterocycles. The van der Waals surface area contributed by atoms with Crippen molar-refractivity contribution in [1.29, 1.82) is 0 Å². The summed E-state index contributed by atoms with van der Waals surface area (Å²) in [5.74, 6) is 0.157. The maximum Gasteiger partial charge on any atom is 0.416 e. The second-order valence-corrected chi connectivity index (χ2v) is 4.87. The van der Waals surface area contributed by atoms with Crippen LogP contribution < -0.4 is 10.6 Å². The zero-order valence-electron chi connectivity index (χ0n) is 12.7. The molecular weight excluding hydrogens is 366 g/mol. The van der Waals surface area contributed by atoms with Crippen LogP contribution in [0.4, 0.5) is 37.0 Å². The Kier molecular flexibility index (Phi) is 5.48. The van der Waals surface area contributed by atoms with Gasteiger partial charge in [0.25, 0.3) is 0 Å². The number of hydrogen-bond donors (Lipinski definition) is 2. The van der Waals surface area contributed by atoms with Gasteiger partial charge in [0.2, 0.25) is 0 Å². The molecule has 2 amide bonds. The van der Waals surface area contributed by atoms with Crippen LogP contribution in [0.1, 0.15) is 16.7 Å². The van der Waals surface area contributed by atoms with Crippen LogP contribution in [-0.4, -0.2) is 16.0 Å². The van der Waals surface area contributed by atoms with E-state index in [0.29, 0.717) is 12.1 Å². The van der Waals surface area contributed by atoms with E-state index < -0.39 is 29.5 Å². The Morgan fingerprint density at radius 2 is 1.62 bits per heavy atom. The summed E-state index contributed by atoms with van der Waals surface area (Å²) < 4.78 is 76.5. The van der Waals surface area contributed by atoms with Crippen molar-refractivity contribution in [2.75, 3.05) is 5.32 Å². The lowest BCUT2D eigenvalue weighted by molar-refractivity contribution is -0.143. The van der Waals surface area contributed by atoms with Crippen molar-refractivity contribution in [1.82, 2.24) is 15.3 Å². The van der Waals surface area contributed by atoms with Crippen molar-refractivity contribution >= 4 is 17.9 Å². The van der Waals surface area contributed by atoms with Crippen molar-refractivity contribution in [2.45, 2.75) is 12.4 Å². The Labute approximate surface area is 142 Å². The van der Waals surface area contributed by atoms with E-state index in [1.807, 2.05) is 0 Å². The van der Waals surface area contributed by atoms with E-state index in [4.69, 9.17) is 0 Å². The van der Waals surface area contributed by atoms with E-state index >= 15 is 0 Å². The lowest BCUT2D eigenvalue weighted by Crippen LogP contribution is -2.24. The summed E-state index contributed by atoms with van der Waals surface area (Å²) in [6.07, 6.45) is -5.54. The highest BCUT2D eigenvalue weighted by Crippen LogP contribution is 2.36. The first kappa shape index (κ1) is 19.2. The molecule has 1 aromatic carbocycles. The number of nitrogens with one attached hydrogen (secondary N) is 2. The minimum absolute atomic E-state index is 0.0204. The van der Waals surface area contributed by atoms with E-state index in [1.165, 1.54) is 18.6 Å². The number of carbonyl (C=O) groups is 1. The van der Waals surface area contributed by atoms with E-state index in [2.05, 4.69) is 20.6 Å². The van der Waals surface area contributed by atoms with Crippen LogP contribution in [0.15, 0.2) is 43.0 Å². The normalized spacial score (nSPS) is 12.2. The number of rotatable bonds is 3. The van der Waals surface area contributed by atoms with Gasteiger partial charge >= 0.3 is 18.4 Å². The van der Waals surface area contributed by atoms with Crippen LogP contribution >= 0.6 is 0 Å². The highest BCUT2D eigenvalue weighted by molar-refractivity contribution is 5.89. The highest BCUT2D eigenvalue weighted by Gasteiger charge is 2.36. The highest BCUT2D eigenvalue weighted by atomic mass is 19.4. The number of urea groups is 1. The fourth-order valence-electron chi connectivity index (χ4n) is 1.81. The zero-order valence-corrected chi connectivity index (χ0v) is 12.7. The third-order valence-corrected chi connectivity index (χ3v) is 2.92. The molecule has 0 aliphatic carbocycles. The first-order valence-electron chi connectivity index (χ1n) is 6.85. The molecule has 0 radical (unpaired) electrons. The van der Waals surface area contributed by atoms with Crippen molar-refractivity contribution in [2.24, 2.45) is 0 Å². The van der Waals surface area contributed by atoms with Crippen LogP contribution in [0.25, 0.3) is 6.08 Å². The maximum absolute atomic E-state index is 12.7. The summed E-state index contributed by atoms with van der Waals surface area (Å²) in [5.41, 5.74) is -3.27. The van der Waals surface area contributed by atoms with E-state index in [1.54, 1.807) is 0 Å². The van der Waals surface area contributed by atoms with Gasteiger partial charge in [0.05, 0.1) is 11.1 Å². The van der Waals surface area contributed by atoms with Gasteiger partial charge < -0.3 is 5.32 Å². The van der Waals surface area contributed by atoms with Gasteiger partial charge in [-0.2, -0.15) is 26.3 Å². The van der Waals surface area contributed by atoms with Crippen molar-refractivity contribution in [3.63, 3.8) is 0 Å². The number of hydrogen-bond acceptors (Lipinski definition) is 3. The molecule has 2 N–H and O–H groups in total. The average Bonchev–Trinajstić information content (AvgIpc) is 2.54. The Balaban J connectivity index is 2.14. The van der Waals surface area contributed by atoms with E-state index in [0.717, 1.165) is 12.3 Å². The second-order valence-electron chi connectivity index (χ2n) is 4.87. The van der Waals surface area contributed by atoms with Crippen LogP contribution in [0.5, 0.6) is 0 Å². The number of aromatic nitrogens is 2. The average molecular weight is 376 g/mol. The fourth-order valence-corrected chi connectivity index (χ4v) is 1.81. The number of carbonyl (C=O) groups excluding carboxylic acids is 1. The Bertz CT molecular complexity index is 770. The van der Waals surface area contributed by atoms with Gasteiger partial charge in [-0.15, -0.1) is 0 Å². The van der Waals surface area contributed by atoms with Gasteiger partial charge in [-0.1, -0.05) is 0 Å². The first-order valence-corrected chi connectivity index (χ1v) is 6.85. The van der Waals surface area contributed by atoms with Crippen molar-refractivity contribution < 1.29 is 31.1 Å². The van der Waals surface area contributed by atoms with Crippen molar-refractivity contribution in [3.8, 4) is 0 Å². The van der Waals surface area contributed by atoms with Gasteiger partial charge in [0.1, 0.15) is 12.1 Å². The Morgan fingerprint density at radius 1 is 1.00 bits per heavy atom. The first-order chi connectivity index (χ1) is 12.1. The van der Waals surface area contributed by atoms with Gasteiger partial charge in [-0.3, -0.25) is 5.32 Å². The maximum atomic E-state index is 12.7. The van der Waals surface area contributed by atoms with Crippen LogP contribution in [-0.2, 0) is 12.4 Å². The molecule has 138 valence electrons. The molecule has 1 heterocycles. The van der Waals surface area contributed by atoms with Crippen LogP contribution in [0.2, 0.25) is 0 Å². The molecule has 0 atom stereocenters. The number of benzene rings is 1. The smallest absolute Gasteiger partial charge is 0.314 e. The summed E-state index contributed by atoms with van der Waals surface area (Å²) in [7, 11) is 0. The topological polar surface area (TPSA) is 66.9 Å². The molecule has 0 saturated heterocycles. The molecule has 0 fully saturated rings. The number of amides is 2. The Hall–Kier alpha value is -3.11. The van der Waals surface area contributed by atoms with Gasteiger partial charge in [-0.05, 0) is 35.9 Å². The summed E-state index contributed by atoms with van der Waals surface area (Å²) >= 11 is 0. The van der Waals surface area contributed by atoms with E-state index in [9.17, 15) is 31.1 Å². The molecular formula is C15H10F6N4O. The molecule has 0 spiro atoms. The lowest BCUT2D eigenvalue weighted by atomic mass is 10.0. The fraction of sp³-hybridized carbons (Fsp3) is 0.133. The third kappa shape index (κ3) is 5.46. The van der Waals surface area contributed by atoms with Gasteiger partial charge in [0, 0.05) is 12.4 Å². The summed E-state index contributed by atoms with van der Waals surface area (Å²) in [6, 6.07) is 1.69. The predicted octanol–water partition coefficient (Wildman–Crippen LogP) is 4.31. The minimum Gasteiger partial charge on any atom is -0.314 e. The lowest BCUT2D eigenvalue weighted by Gasteiger charge is -2.13. The largest absolute Gasteiger partial charge is 0.416 e. The Morgan fingerprint density at radius 3 is 2.12 bits per heavy atom. The molecule has 0 saturated carbocycles. The molecule has 2 rings (SSSR count). The zero-order chi connectivity index (χ0) is 19.4. The predicted molar refractivity (Wildman–Crippen MR) is 79.7 cm³/mol.